The number of carboxylic acids is 1. The highest BCUT2D eigenvalue weighted by atomic mass is 16.6. The quantitative estimate of drug-likeness (QED) is 0.0661. The van der Waals surface area contributed by atoms with Gasteiger partial charge in [0.15, 0.2) is 0 Å². The molecule has 1 aromatic rings. The van der Waals surface area contributed by atoms with Crippen LogP contribution in [-0.2, 0) is 44.5 Å². The van der Waals surface area contributed by atoms with Crippen LogP contribution in [0.3, 0.4) is 0 Å². The van der Waals surface area contributed by atoms with Crippen molar-refractivity contribution in [1.82, 2.24) is 10.6 Å². The molecule has 0 aliphatic rings. The highest BCUT2D eigenvalue weighted by Gasteiger charge is 2.40. The molecule has 0 spiro atoms. The second-order valence-electron chi connectivity index (χ2n) is 13.2. The Hall–Kier alpha value is -3.06. The molecule has 0 aliphatic heterocycles. The molecule has 0 saturated heterocycles. The lowest BCUT2D eigenvalue weighted by atomic mass is 9.86. The molecule has 0 aliphatic carbocycles. The average Bonchev–Trinajstić information content (AvgIpc) is 3.10. The van der Waals surface area contributed by atoms with Gasteiger partial charge in [-0.05, 0) is 18.4 Å². The van der Waals surface area contributed by atoms with E-state index in [0.29, 0.717) is 32.8 Å². The van der Waals surface area contributed by atoms with E-state index in [1.54, 1.807) is 24.3 Å². The molecule has 51 heavy (non-hydrogen) atoms. The molecule has 12 nitrogen and oxygen atoms in total. The molecule has 1 rings (SSSR count). The summed E-state index contributed by atoms with van der Waals surface area (Å²) in [5, 5.41) is 15.0. The van der Waals surface area contributed by atoms with Gasteiger partial charge in [0, 0.05) is 13.0 Å². The molecule has 3 amide bonds. The summed E-state index contributed by atoms with van der Waals surface area (Å²) in [4.78, 5) is 51.2. The number of aliphatic carboxylic acids is 1. The maximum Gasteiger partial charge on any atom is 0.326 e. The van der Waals surface area contributed by atoms with Crippen LogP contribution >= 0.6 is 0 Å². The first kappa shape index (κ1) is 46.0. The number of nitrogens with two attached hydrogens (primary N) is 1. The van der Waals surface area contributed by atoms with Gasteiger partial charge >= 0.3 is 5.97 Å². The molecule has 292 valence electrons. The van der Waals surface area contributed by atoms with E-state index in [1.165, 1.54) is 44.9 Å². The Morgan fingerprint density at radius 3 is 1.67 bits per heavy atom. The highest BCUT2D eigenvalue weighted by molar-refractivity contribution is 5.96. The van der Waals surface area contributed by atoms with Gasteiger partial charge in [0.25, 0.3) is 0 Å². The van der Waals surface area contributed by atoms with Crippen LogP contribution in [0.1, 0.15) is 122 Å². The van der Waals surface area contributed by atoms with Crippen molar-refractivity contribution < 1.29 is 43.2 Å². The zero-order valence-electron chi connectivity index (χ0n) is 31.4. The third-order valence-electron chi connectivity index (χ3n) is 8.68. The number of ether oxygens (including phenoxy) is 4. The number of carboxylic acid groups (broad SMARTS) is 1. The molecule has 0 bridgehead atoms. The summed E-state index contributed by atoms with van der Waals surface area (Å²) in [6.07, 6.45) is 15.3. The summed E-state index contributed by atoms with van der Waals surface area (Å²) in [5.74, 6) is -3.37. The fraction of sp³-hybridized carbons (Fsp3) is 0.744. The molecule has 2 atom stereocenters. The lowest BCUT2D eigenvalue weighted by molar-refractivity contribution is -0.143. The van der Waals surface area contributed by atoms with Gasteiger partial charge in [-0.15, -0.1) is 0 Å². The molecule has 0 fully saturated rings. The molecule has 12 heteroatoms. The third kappa shape index (κ3) is 23.9. The van der Waals surface area contributed by atoms with Crippen molar-refractivity contribution in [3.05, 3.63) is 35.9 Å². The summed E-state index contributed by atoms with van der Waals surface area (Å²) in [7, 11) is 0. The maximum atomic E-state index is 13.3. The van der Waals surface area contributed by atoms with Crippen molar-refractivity contribution in [3.8, 4) is 0 Å². The number of hydrogen-bond donors (Lipinski definition) is 4. The minimum atomic E-state index is -1.70. The minimum absolute atomic E-state index is 0.0616. The Kier molecular flexibility index (Phi) is 27.5. The van der Waals surface area contributed by atoms with Crippen LogP contribution in [0.15, 0.2) is 30.3 Å². The van der Waals surface area contributed by atoms with Crippen molar-refractivity contribution in [2.24, 2.45) is 5.73 Å². The maximum absolute atomic E-state index is 13.3. The predicted octanol–water partition coefficient (Wildman–Crippen LogP) is 5.49. The first-order valence-electron chi connectivity index (χ1n) is 19.2. The van der Waals surface area contributed by atoms with Gasteiger partial charge in [0.05, 0.1) is 46.1 Å². The zero-order chi connectivity index (χ0) is 37.4. The number of nitrogens with one attached hydrogen (secondary N) is 2. The van der Waals surface area contributed by atoms with E-state index >= 15 is 0 Å². The van der Waals surface area contributed by atoms with Crippen LogP contribution < -0.4 is 16.4 Å². The van der Waals surface area contributed by atoms with E-state index < -0.39 is 41.7 Å². The molecular formula is C39H67N3O9. The second kappa shape index (κ2) is 30.6. The SMILES string of the molecule is CCCCCCCCCCCCCCC(CC(=O)N[C@@H](Cc1ccccc1)C(=O)O)(NC(=O)COCCOCCOCCOCCCC)C(N)=O. The monoisotopic (exact) mass is 721 g/mol. The van der Waals surface area contributed by atoms with Gasteiger partial charge in [0.1, 0.15) is 18.2 Å². The van der Waals surface area contributed by atoms with Crippen molar-refractivity contribution in [1.29, 1.82) is 0 Å². The summed E-state index contributed by atoms with van der Waals surface area (Å²) in [5.41, 5.74) is 4.90. The summed E-state index contributed by atoms with van der Waals surface area (Å²) in [6.45, 7) is 6.88. The Morgan fingerprint density at radius 2 is 1.16 bits per heavy atom. The van der Waals surface area contributed by atoms with E-state index in [0.717, 1.165) is 50.7 Å². The van der Waals surface area contributed by atoms with Crippen LogP contribution in [0.5, 0.6) is 0 Å². The van der Waals surface area contributed by atoms with Crippen LogP contribution in [0.25, 0.3) is 0 Å². The van der Waals surface area contributed by atoms with E-state index in [9.17, 15) is 24.3 Å². The Balaban J connectivity index is 2.64. The number of unbranched alkanes of at least 4 members (excludes halogenated alkanes) is 12. The van der Waals surface area contributed by atoms with Crippen LogP contribution in [0.4, 0.5) is 0 Å². The standard InChI is InChI=1S/C39H67N3O9/c1-3-5-7-8-9-10-11-12-13-14-15-19-22-39(38(40)47,31-35(43)41-34(37(45)46)30-33-20-17-16-18-21-33)42-36(44)32-51-29-28-50-27-26-49-25-24-48-23-6-4-2/h16-18,20-21,34H,3-15,19,22-32H2,1-2H3,(H2,40,47)(H,41,43)(H,42,44)(H,45,46)/t34-,39?/m0/s1. The predicted molar refractivity (Wildman–Crippen MR) is 198 cm³/mol. The van der Waals surface area contributed by atoms with E-state index in [-0.39, 0.29) is 32.7 Å². The van der Waals surface area contributed by atoms with E-state index in [2.05, 4.69) is 24.5 Å². The number of benzene rings is 1. The summed E-state index contributed by atoms with van der Waals surface area (Å²) >= 11 is 0. The normalized spacial score (nSPS) is 13.0. The Bertz CT molecular complexity index is 1060. The van der Waals surface area contributed by atoms with Crippen LogP contribution in [0, 0.1) is 0 Å². The Morgan fingerprint density at radius 1 is 0.667 bits per heavy atom. The first-order chi connectivity index (χ1) is 24.7. The highest BCUT2D eigenvalue weighted by Crippen LogP contribution is 2.22. The van der Waals surface area contributed by atoms with Gasteiger partial charge in [-0.2, -0.15) is 0 Å². The zero-order valence-corrected chi connectivity index (χ0v) is 31.4. The lowest BCUT2D eigenvalue weighted by Crippen LogP contribution is -2.60. The fourth-order valence-electron chi connectivity index (χ4n) is 5.68. The van der Waals surface area contributed by atoms with Gasteiger partial charge in [-0.1, -0.05) is 128 Å². The van der Waals surface area contributed by atoms with Gasteiger partial charge < -0.3 is 40.4 Å². The summed E-state index contributed by atoms with van der Waals surface area (Å²) in [6, 6.07) is 7.71. The van der Waals surface area contributed by atoms with Crippen LogP contribution in [-0.4, -0.2) is 93.2 Å². The molecular weight excluding hydrogens is 654 g/mol. The molecule has 0 heterocycles. The van der Waals surface area contributed by atoms with E-state index in [1.807, 2.05) is 6.07 Å². The number of primary amides is 1. The minimum Gasteiger partial charge on any atom is -0.480 e. The van der Waals surface area contributed by atoms with Crippen molar-refractivity contribution in [3.63, 3.8) is 0 Å². The van der Waals surface area contributed by atoms with Crippen molar-refractivity contribution >= 4 is 23.7 Å². The van der Waals surface area contributed by atoms with Crippen molar-refractivity contribution in [2.75, 3.05) is 52.9 Å². The fourth-order valence-corrected chi connectivity index (χ4v) is 5.68. The largest absolute Gasteiger partial charge is 0.480 e. The number of carbonyl (C=O) groups is 4. The molecule has 1 aromatic carbocycles. The molecule has 5 N–H and O–H groups in total. The molecule has 0 saturated carbocycles. The number of rotatable bonds is 35. The van der Waals surface area contributed by atoms with Crippen molar-refractivity contribution in [2.45, 2.75) is 135 Å². The number of hydrogen-bond acceptors (Lipinski definition) is 8. The molecule has 0 aromatic heterocycles. The topological polar surface area (TPSA) is 176 Å². The van der Waals surface area contributed by atoms with Gasteiger partial charge in [0.2, 0.25) is 17.7 Å². The number of amides is 3. The smallest absolute Gasteiger partial charge is 0.326 e. The second-order valence-corrected chi connectivity index (χ2v) is 13.2. The van der Waals surface area contributed by atoms with Crippen LogP contribution in [0.2, 0.25) is 0 Å². The third-order valence-corrected chi connectivity index (χ3v) is 8.68. The first-order valence-corrected chi connectivity index (χ1v) is 19.2. The van der Waals surface area contributed by atoms with E-state index in [4.69, 9.17) is 24.7 Å². The summed E-state index contributed by atoms with van der Waals surface area (Å²) < 4.78 is 21.8. The van der Waals surface area contributed by atoms with Gasteiger partial charge in [-0.3, -0.25) is 14.4 Å². The average molecular weight is 722 g/mol. The molecule has 1 unspecified atom stereocenters. The van der Waals surface area contributed by atoms with Gasteiger partial charge in [-0.25, -0.2) is 4.79 Å². The molecule has 0 radical (unpaired) electrons. The number of carbonyl (C=O) groups excluding carboxylic acids is 3. The Labute approximate surface area is 306 Å². The lowest BCUT2D eigenvalue weighted by Gasteiger charge is -2.32.